The molecule has 2 aromatic rings. The zero-order valence-corrected chi connectivity index (χ0v) is 16.8. The van der Waals surface area contributed by atoms with Gasteiger partial charge in [0.05, 0.1) is 12.2 Å². The fraction of sp³-hybridized carbons (Fsp3) is 0.273. The van der Waals surface area contributed by atoms with Gasteiger partial charge in [0.25, 0.3) is 5.91 Å². The van der Waals surface area contributed by atoms with Crippen LogP contribution in [0.3, 0.4) is 0 Å². The Hall–Kier alpha value is -3.48. The van der Waals surface area contributed by atoms with Gasteiger partial charge in [-0.1, -0.05) is 6.07 Å². The molecule has 1 amide bonds. The molecule has 0 aromatic heterocycles. The van der Waals surface area contributed by atoms with Gasteiger partial charge in [-0.25, -0.2) is 0 Å². The number of nitrogens with zero attached hydrogens (tertiary/aromatic N) is 1. The monoisotopic (exact) mass is 397 g/mol. The number of carbonyl (C=O) groups excluding carboxylic acids is 2. The fourth-order valence-electron chi connectivity index (χ4n) is 2.91. The number of ether oxygens (including phenoxy) is 3. The standard InChI is InChI=1S/C22H23NO6/c1-5-27-19-10-14(6-9-17(19)28-13(2)22(26)23(3)4)11-20-21(25)16-8-7-15(24)12-18(16)29-20/h6-13,24H,5H2,1-4H3/b20-11-. The van der Waals surface area contributed by atoms with E-state index in [2.05, 4.69) is 0 Å². The Labute approximate surface area is 169 Å². The van der Waals surface area contributed by atoms with E-state index in [1.165, 1.54) is 23.1 Å². The van der Waals surface area contributed by atoms with Gasteiger partial charge in [0.15, 0.2) is 23.4 Å². The molecule has 7 nitrogen and oxygen atoms in total. The minimum Gasteiger partial charge on any atom is -0.508 e. The molecule has 1 heterocycles. The molecular weight excluding hydrogens is 374 g/mol. The molecule has 3 rings (SSSR count). The van der Waals surface area contributed by atoms with Gasteiger partial charge in [-0.3, -0.25) is 9.59 Å². The first-order chi connectivity index (χ1) is 13.8. The summed E-state index contributed by atoms with van der Waals surface area (Å²) in [6.45, 7) is 3.92. The number of phenols is 1. The third-order valence-electron chi connectivity index (χ3n) is 4.31. The van der Waals surface area contributed by atoms with E-state index in [4.69, 9.17) is 14.2 Å². The predicted octanol–water partition coefficient (Wildman–Crippen LogP) is 3.26. The molecule has 0 saturated heterocycles. The lowest BCUT2D eigenvalue weighted by Crippen LogP contribution is -2.35. The van der Waals surface area contributed by atoms with E-state index in [9.17, 15) is 14.7 Å². The minimum atomic E-state index is -0.671. The summed E-state index contributed by atoms with van der Waals surface area (Å²) in [5, 5.41) is 9.56. The summed E-state index contributed by atoms with van der Waals surface area (Å²) in [5.74, 6) is 0.969. The fourth-order valence-corrected chi connectivity index (χ4v) is 2.91. The molecule has 1 aliphatic heterocycles. The van der Waals surface area contributed by atoms with Crippen LogP contribution in [0.5, 0.6) is 23.0 Å². The van der Waals surface area contributed by atoms with Gasteiger partial charge < -0.3 is 24.2 Å². The molecule has 29 heavy (non-hydrogen) atoms. The van der Waals surface area contributed by atoms with Crippen molar-refractivity contribution in [3.63, 3.8) is 0 Å². The number of hydrogen-bond acceptors (Lipinski definition) is 6. The number of amides is 1. The summed E-state index contributed by atoms with van der Waals surface area (Å²) in [6, 6.07) is 9.53. The lowest BCUT2D eigenvalue weighted by atomic mass is 10.1. The van der Waals surface area contributed by atoms with E-state index in [1.807, 2.05) is 6.92 Å². The molecule has 1 aliphatic rings. The van der Waals surface area contributed by atoms with Crippen molar-refractivity contribution < 1.29 is 28.9 Å². The van der Waals surface area contributed by atoms with Crippen LogP contribution >= 0.6 is 0 Å². The quantitative estimate of drug-likeness (QED) is 0.753. The van der Waals surface area contributed by atoms with Gasteiger partial charge in [0.1, 0.15) is 11.5 Å². The lowest BCUT2D eigenvalue weighted by molar-refractivity contribution is -0.135. The number of rotatable bonds is 6. The molecule has 0 bridgehead atoms. The summed E-state index contributed by atoms with van der Waals surface area (Å²) in [6.07, 6.45) is 0.926. The number of fused-ring (bicyclic) bond motifs is 1. The maximum Gasteiger partial charge on any atom is 0.262 e. The molecule has 0 saturated carbocycles. The number of hydrogen-bond donors (Lipinski definition) is 1. The van der Waals surface area contributed by atoms with E-state index in [-0.39, 0.29) is 23.2 Å². The molecule has 0 spiro atoms. The molecule has 2 aromatic carbocycles. The number of benzene rings is 2. The molecule has 152 valence electrons. The van der Waals surface area contributed by atoms with Crippen LogP contribution in [-0.2, 0) is 4.79 Å². The van der Waals surface area contributed by atoms with Crippen molar-refractivity contribution in [2.24, 2.45) is 0 Å². The molecular formula is C22H23NO6. The topological polar surface area (TPSA) is 85.3 Å². The van der Waals surface area contributed by atoms with Gasteiger partial charge in [-0.05, 0) is 49.8 Å². The van der Waals surface area contributed by atoms with Crippen LogP contribution < -0.4 is 14.2 Å². The van der Waals surface area contributed by atoms with Crippen molar-refractivity contribution in [2.75, 3.05) is 20.7 Å². The number of aromatic hydroxyl groups is 1. The predicted molar refractivity (Wildman–Crippen MR) is 107 cm³/mol. The highest BCUT2D eigenvalue weighted by Gasteiger charge is 2.27. The van der Waals surface area contributed by atoms with E-state index < -0.39 is 6.10 Å². The first-order valence-electron chi connectivity index (χ1n) is 9.22. The Morgan fingerprint density at radius 1 is 1.21 bits per heavy atom. The van der Waals surface area contributed by atoms with Crippen LogP contribution in [0.25, 0.3) is 6.08 Å². The van der Waals surface area contributed by atoms with Crippen LogP contribution in [0.15, 0.2) is 42.2 Å². The van der Waals surface area contributed by atoms with Gasteiger partial charge in [0.2, 0.25) is 5.78 Å². The van der Waals surface area contributed by atoms with Crippen LogP contribution in [-0.4, -0.2) is 48.5 Å². The molecule has 1 atom stereocenters. The van der Waals surface area contributed by atoms with Gasteiger partial charge >= 0.3 is 0 Å². The first-order valence-corrected chi connectivity index (χ1v) is 9.22. The number of phenolic OH excluding ortho intramolecular Hbond substituents is 1. The Morgan fingerprint density at radius 2 is 1.97 bits per heavy atom. The molecule has 1 unspecified atom stereocenters. The largest absolute Gasteiger partial charge is 0.508 e. The number of carbonyl (C=O) groups is 2. The zero-order valence-electron chi connectivity index (χ0n) is 16.8. The Kier molecular flexibility index (Phi) is 5.77. The molecule has 7 heteroatoms. The third-order valence-corrected chi connectivity index (χ3v) is 4.31. The van der Waals surface area contributed by atoms with Crippen molar-refractivity contribution in [3.05, 3.63) is 53.3 Å². The summed E-state index contributed by atoms with van der Waals surface area (Å²) in [4.78, 5) is 26.0. The zero-order chi connectivity index (χ0) is 21.1. The average Bonchev–Trinajstić information content (AvgIpc) is 2.97. The van der Waals surface area contributed by atoms with Gasteiger partial charge in [-0.15, -0.1) is 0 Å². The average molecular weight is 397 g/mol. The second-order valence-corrected chi connectivity index (χ2v) is 6.75. The van der Waals surface area contributed by atoms with Crippen LogP contribution in [0.1, 0.15) is 29.8 Å². The third kappa shape index (κ3) is 4.34. The second-order valence-electron chi connectivity index (χ2n) is 6.75. The van der Waals surface area contributed by atoms with E-state index in [0.717, 1.165) is 0 Å². The Bertz CT molecular complexity index is 979. The highest BCUT2D eigenvalue weighted by atomic mass is 16.5. The maximum atomic E-state index is 12.5. The maximum absolute atomic E-state index is 12.5. The van der Waals surface area contributed by atoms with Crippen molar-refractivity contribution >= 4 is 17.8 Å². The normalized spacial score (nSPS) is 14.9. The molecule has 1 N–H and O–H groups in total. The van der Waals surface area contributed by atoms with E-state index in [1.54, 1.807) is 45.3 Å². The Morgan fingerprint density at radius 3 is 2.66 bits per heavy atom. The minimum absolute atomic E-state index is 0.0272. The summed E-state index contributed by atoms with van der Waals surface area (Å²) < 4.78 is 17.0. The van der Waals surface area contributed by atoms with Gasteiger partial charge in [-0.2, -0.15) is 0 Å². The number of likely N-dealkylation sites (N-methyl/N-ethyl adjacent to an activating group) is 1. The van der Waals surface area contributed by atoms with Crippen molar-refractivity contribution in [2.45, 2.75) is 20.0 Å². The smallest absolute Gasteiger partial charge is 0.262 e. The molecule has 0 fully saturated rings. The Balaban J connectivity index is 1.86. The summed E-state index contributed by atoms with van der Waals surface area (Å²) >= 11 is 0. The number of allylic oxidation sites excluding steroid dienone is 1. The summed E-state index contributed by atoms with van der Waals surface area (Å²) in [5.41, 5.74) is 1.07. The second kappa shape index (κ2) is 8.26. The number of Topliss-reactive ketones (excluding diaryl/α,β-unsaturated/α-hetero) is 1. The van der Waals surface area contributed by atoms with Crippen LogP contribution in [0, 0.1) is 0 Å². The highest BCUT2D eigenvalue weighted by Crippen LogP contribution is 2.35. The SMILES string of the molecule is CCOc1cc(/C=C2\Oc3cc(O)ccc3C2=O)ccc1OC(C)C(=O)N(C)C. The number of ketones is 1. The molecule has 0 radical (unpaired) electrons. The first kappa shape index (κ1) is 20.3. The van der Waals surface area contributed by atoms with Gasteiger partial charge in [0, 0.05) is 20.2 Å². The van der Waals surface area contributed by atoms with E-state index >= 15 is 0 Å². The van der Waals surface area contributed by atoms with Crippen molar-refractivity contribution in [1.29, 1.82) is 0 Å². The summed E-state index contributed by atoms with van der Waals surface area (Å²) in [7, 11) is 3.33. The van der Waals surface area contributed by atoms with E-state index in [0.29, 0.717) is 35.0 Å². The van der Waals surface area contributed by atoms with Crippen LogP contribution in [0.4, 0.5) is 0 Å². The lowest BCUT2D eigenvalue weighted by Gasteiger charge is -2.20. The van der Waals surface area contributed by atoms with Crippen molar-refractivity contribution in [1.82, 2.24) is 4.90 Å². The van der Waals surface area contributed by atoms with Crippen molar-refractivity contribution in [3.8, 4) is 23.0 Å². The highest BCUT2D eigenvalue weighted by molar-refractivity contribution is 6.14. The van der Waals surface area contributed by atoms with Crippen LogP contribution in [0.2, 0.25) is 0 Å². The molecule has 0 aliphatic carbocycles.